The Hall–Kier alpha value is -3.00. The second-order valence-electron chi connectivity index (χ2n) is 6.73. The van der Waals surface area contributed by atoms with Gasteiger partial charge in [-0.25, -0.2) is 9.37 Å². The fourth-order valence-electron chi connectivity index (χ4n) is 2.83. The van der Waals surface area contributed by atoms with Gasteiger partial charge in [-0.05, 0) is 23.3 Å². The minimum absolute atomic E-state index is 0.0800. The third-order valence-electron chi connectivity index (χ3n) is 4.51. The van der Waals surface area contributed by atoms with E-state index in [0.29, 0.717) is 17.9 Å². The lowest BCUT2D eigenvalue weighted by Gasteiger charge is -2.11. The van der Waals surface area contributed by atoms with Crippen molar-refractivity contribution in [3.63, 3.8) is 0 Å². The molecule has 0 saturated heterocycles. The lowest BCUT2D eigenvalue weighted by molar-refractivity contribution is 0.0535. The van der Waals surface area contributed by atoms with Gasteiger partial charge in [0.2, 0.25) is 0 Å². The highest BCUT2D eigenvalue weighted by Gasteiger charge is 2.08. The number of aromatic nitrogens is 2. The molecule has 1 aromatic heterocycles. The van der Waals surface area contributed by atoms with Crippen molar-refractivity contribution < 1.29 is 24.4 Å². The minimum Gasteiger partial charge on any atom is -0.491 e. The molecule has 0 amide bonds. The fraction of sp³-hybridized carbons (Fsp3) is 0.292. The number of halogens is 1. The summed E-state index contributed by atoms with van der Waals surface area (Å²) in [5, 5.41) is 26.5. The second kappa shape index (κ2) is 12.6. The molecule has 0 aliphatic rings. The van der Waals surface area contributed by atoms with Crippen molar-refractivity contribution in [3.8, 4) is 16.9 Å². The van der Waals surface area contributed by atoms with Crippen LogP contribution in [0.4, 0.5) is 4.39 Å². The summed E-state index contributed by atoms with van der Waals surface area (Å²) in [6, 6.07) is 11.9. The Morgan fingerprint density at radius 3 is 2.52 bits per heavy atom. The highest BCUT2D eigenvalue weighted by molar-refractivity contribution is 5.66. The first kappa shape index (κ1) is 24.3. The number of ether oxygens (including phenoxy) is 1. The van der Waals surface area contributed by atoms with Crippen LogP contribution in [0.2, 0.25) is 0 Å². The van der Waals surface area contributed by atoms with E-state index in [4.69, 9.17) is 14.9 Å². The van der Waals surface area contributed by atoms with E-state index in [9.17, 15) is 9.50 Å². The molecule has 1 heterocycles. The largest absolute Gasteiger partial charge is 0.491 e. The quantitative estimate of drug-likeness (QED) is 0.487. The monoisotopic (exact) mass is 428 g/mol. The van der Waals surface area contributed by atoms with Crippen LogP contribution in [0.1, 0.15) is 18.3 Å². The zero-order valence-corrected chi connectivity index (χ0v) is 17.6. The first-order chi connectivity index (χ1) is 15.0. The molecule has 3 rings (SSSR count). The van der Waals surface area contributed by atoms with Crippen LogP contribution >= 0.6 is 0 Å². The molecule has 7 heteroatoms. The standard InChI is InChI=1S/C17H17FO3.C7H12N2O/c1-2-12-3-5-13(6-4-12)16-8-7-15(9-17(16)18)21-11-14(20)10-19;1-2-7-8-3-4-9(7)5-6-10/h2-9,14,19-20H,1,10-11H2;3-4,10H,2,5-6H2,1H3. The van der Waals surface area contributed by atoms with E-state index in [-0.39, 0.29) is 13.2 Å². The van der Waals surface area contributed by atoms with Crippen molar-refractivity contribution in [3.05, 3.63) is 78.6 Å². The van der Waals surface area contributed by atoms with Gasteiger partial charge in [0.05, 0.1) is 13.2 Å². The van der Waals surface area contributed by atoms with Gasteiger partial charge in [0, 0.05) is 37.0 Å². The summed E-state index contributed by atoms with van der Waals surface area (Å²) >= 11 is 0. The third-order valence-corrected chi connectivity index (χ3v) is 4.51. The van der Waals surface area contributed by atoms with Gasteiger partial charge in [0.1, 0.15) is 30.1 Å². The molecular formula is C24H29FN2O4. The number of aliphatic hydroxyl groups is 3. The Kier molecular flexibility index (Phi) is 9.90. The summed E-state index contributed by atoms with van der Waals surface area (Å²) in [5.74, 6) is 0.942. The Morgan fingerprint density at radius 1 is 1.19 bits per heavy atom. The van der Waals surface area contributed by atoms with Gasteiger partial charge in [-0.2, -0.15) is 0 Å². The molecule has 3 aromatic rings. The van der Waals surface area contributed by atoms with E-state index in [1.54, 1.807) is 24.4 Å². The number of nitrogens with zero attached hydrogens (tertiary/aromatic N) is 2. The van der Waals surface area contributed by atoms with Crippen LogP contribution < -0.4 is 4.74 Å². The third kappa shape index (κ3) is 7.32. The summed E-state index contributed by atoms with van der Waals surface area (Å²) in [7, 11) is 0. The topological polar surface area (TPSA) is 87.7 Å². The second-order valence-corrected chi connectivity index (χ2v) is 6.73. The molecule has 0 spiro atoms. The van der Waals surface area contributed by atoms with E-state index >= 15 is 0 Å². The molecule has 0 saturated carbocycles. The minimum atomic E-state index is -0.973. The van der Waals surface area contributed by atoms with E-state index < -0.39 is 18.5 Å². The molecule has 3 N–H and O–H groups in total. The number of benzene rings is 2. The Balaban J connectivity index is 0.000000285. The summed E-state index contributed by atoms with van der Waals surface area (Å²) in [4.78, 5) is 4.11. The molecule has 1 unspecified atom stereocenters. The number of aryl methyl sites for hydroxylation is 1. The predicted octanol–water partition coefficient (Wildman–Crippen LogP) is 3.31. The Morgan fingerprint density at radius 2 is 1.94 bits per heavy atom. The van der Waals surface area contributed by atoms with Gasteiger partial charge in [-0.3, -0.25) is 0 Å². The average molecular weight is 429 g/mol. The summed E-state index contributed by atoms with van der Waals surface area (Å²) in [6.07, 6.45) is 5.32. The van der Waals surface area contributed by atoms with Gasteiger partial charge in [-0.1, -0.05) is 43.8 Å². The van der Waals surface area contributed by atoms with Crippen molar-refractivity contribution in [1.82, 2.24) is 9.55 Å². The number of hydrogen-bond acceptors (Lipinski definition) is 5. The molecule has 0 bridgehead atoms. The zero-order chi connectivity index (χ0) is 22.6. The van der Waals surface area contributed by atoms with Crippen LogP contribution in [0, 0.1) is 5.82 Å². The molecule has 1 atom stereocenters. The molecule has 166 valence electrons. The van der Waals surface area contributed by atoms with E-state index in [1.807, 2.05) is 35.0 Å². The Bertz CT molecular complexity index is 941. The van der Waals surface area contributed by atoms with E-state index in [2.05, 4.69) is 18.5 Å². The SMILES string of the molecule is C=Cc1ccc(-c2ccc(OCC(O)CO)cc2F)cc1.CCc1nccn1CCO. The molecule has 0 aliphatic heterocycles. The van der Waals surface area contributed by atoms with Gasteiger partial charge < -0.3 is 24.6 Å². The lowest BCUT2D eigenvalue weighted by Crippen LogP contribution is -2.21. The van der Waals surface area contributed by atoms with Crippen LogP contribution in [-0.2, 0) is 13.0 Å². The maximum absolute atomic E-state index is 14.1. The number of rotatable bonds is 9. The van der Waals surface area contributed by atoms with Gasteiger partial charge in [-0.15, -0.1) is 0 Å². The van der Waals surface area contributed by atoms with Gasteiger partial charge in [0.15, 0.2) is 0 Å². The lowest BCUT2D eigenvalue weighted by atomic mass is 10.0. The van der Waals surface area contributed by atoms with Gasteiger partial charge >= 0.3 is 0 Å². The van der Waals surface area contributed by atoms with Crippen LogP contribution in [0.15, 0.2) is 61.4 Å². The normalized spacial score (nSPS) is 11.4. The smallest absolute Gasteiger partial charge is 0.134 e. The molecule has 6 nitrogen and oxygen atoms in total. The molecular weight excluding hydrogens is 399 g/mol. The summed E-state index contributed by atoms with van der Waals surface area (Å²) in [5.41, 5.74) is 2.21. The molecule has 2 aromatic carbocycles. The predicted molar refractivity (Wildman–Crippen MR) is 119 cm³/mol. The fourth-order valence-corrected chi connectivity index (χ4v) is 2.83. The highest BCUT2D eigenvalue weighted by atomic mass is 19.1. The first-order valence-electron chi connectivity index (χ1n) is 10.1. The summed E-state index contributed by atoms with van der Waals surface area (Å²) in [6.45, 7) is 6.09. The molecule has 0 fully saturated rings. The number of aliphatic hydroxyl groups excluding tert-OH is 3. The highest BCUT2D eigenvalue weighted by Crippen LogP contribution is 2.26. The van der Waals surface area contributed by atoms with Crippen LogP contribution in [0.25, 0.3) is 17.2 Å². The van der Waals surface area contributed by atoms with Crippen LogP contribution in [0.5, 0.6) is 5.75 Å². The van der Waals surface area contributed by atoms with Crippen molar-refractivity contribution in [1.29, 1.82) is 0 Å². The van der Waals surface area contributed by atoms with Crippen molar-refractivity contribution in [2.45, 2.75) is 26.0 Å². The van der Waals surface area contributed by atoms with Crippen LogP contribution in [0.3, 0.4) is 0 Å². The van der Waals surface area contributed by atoms with Crippen molar-refractivity contribution >= 4 is 6.08 Å². The first-order valence-corrected chi connectivity index (χ1v) is 10.1. The maximum atomic E-state index is 14.1. The van der Waals surface area contributed by atoms with Gasteiger partial charge in [0.25, 0.3) is 0 Å². The summed E-state index contributed by atoms with van der Waals surface area (Å²) < 4.78 is 21.3. The van der Waals surface area contributed by atoms with E-state index in [0.717, 1.165) is 23.4 Å². The van der Waals surface area contributed by atoms with E-state index in [1.165, 1.54) is 6.07 Å². The zero-order valence-electron chi connectivity index (χ0n) is 17.6. The maximum Gasteiger partial charge on any atom is 0.134 e. The molecule has 0 radical (unpaired) electrons. The van der Waals surface area contributed by atoms with Crippen LogP contribution in [-0.4, -0.2) is 50.8 Å². The molecule has 31 heavy (non-hydrogen) atoms. The number of imidazole rings is 1. The van der Waals surface area contributed by atoms with Crippen molar-refractivity contribution in [2.75, 3.05) is 19.8 Å². The Labute approximate surface area is 181 Å². The van der Waals surface area contributed by atoms with Crippen molar-refractivity contribution in [2.24, 2.45) is 0 Å². The average Bonchev–Trinajstić information content (AvgIpc) is 3.25. The molecule has 0 aliphatic carbocycles. The number of hydrogen-bond donors (Lipinski definition) is 3.